The zero-order valence-electron chi connectivity index (χ0n) is 19.0. The molecule has 0 saturated carbocycles. The predicted octanol–water partition coefficient (Wildman–Crippen LogP) is 2.88. The number of nitrogens with zero attached hydrogens (tertiary/aromatic N) is 4. The number of nitrogens with two attached hydrogens (primary N) is 1. The molecule has 2 aromatic carbocycles. The molecule has 0 aliphatic carbocycles. The van der Waals surface area contributed by atoms with Gasteiger partial charge in [0.25, 0.3) is 0 Å². The van der Waals surface area contributed by atoms with Crippen LogP contribution in [0.3, 0.4) is 0 Å². The lowest BCUT2D eigenvalue weighted by atomic mass is 10.0. The highest BCUT2D eigenvalue weighted by Gasteiger charge is 2.22. The Morgan fingerprint density at radius 3 is 2.65 bits per heavy atom. The van der Waals surface area contributed by atoms with Crippen molar-refractivity contribution in [3.63, 3.8) is 0 Å². The number of oxazole rings is 1. The fourth-order valence-corrected chi connectivity index (χ4v) is 4.30. The number of amides is 1. The first-order valence-corrected chi connectivity index (χ1v) is 11.0. The maximum Gasteiger partial charge on any atom is 0.417 e. The summed E-state index contributed by atoms with van der Waals surface area (Å²) in [6.45, 7) is 6.39. The number of fused-ring (bicyclic) bond motifs is 1. The molecule has 0 bridgehead atoms. The highest BCUT2D eigenvalue weighted by molar-refractivity contribution is 5.83. The second-order valence-electron chi connectivity index (χ2n) is 8.26. The van der Waals surface area contributed by atoms with Crippen molar-refractivity contribution in [3.05, 3.63) is 58.6 Å². The Balaban J connectivity index is 1.49. The first-order chi connectivity index (χ1) is 16.4. The number of carbonyl (C=O) groups excluding carboxylic acids is 1. The van der Waals surface area contributed by atoms with Crippen molar-refractivity contribution < 1.29 is 9.21 Å². The summed E-state index contributed by atoms with van der Waals surface area (Å²) in [6.07, 6.45) is 0. The molecule has 10 heteroatoms. The molecule has 5 rings (SSSR count). The van der Waals surface area contributed by atoms with Crippen molar-refractivity contribution in [2.45, 2.75) is 13.8 Å². The quantitative estimate of drug-likeness (QED) is 0.424. The summed E-state index contributed by atoms with van der Waals surface area (Å²) in [4.78, 5) is 39.0. The molecule has 1 amide bonds. The van der Waals surface area contributed by atoms with Gasteiger partial charge in [-0.05, 0) is 31.2 Å². The number of hydrogen-bond acceptors (Lipinski definition) is 8. The van der Waals surface area contributed by atoms with Crippen molar-refractivity contribution >= 4 is 40.1 Å². The average molecular weight is 460 g/mol. The third-order valence-electron chi connectivity index (χ3n) is 6.07. The molecule has 10 nitrogen and oxygen atoms in total. The number of H-pyrrole nitrogens is 1. The summed E-state index contributed by atoms with van der Waals surface area (Å²) in [5, 5.41) is 3.29. The molecule has 0 spiro atoms. The molecular formula is C24H25N7O3. The van der Waals surface area contributed by atoms with Gasteiger partial charge in [0.2, 0.25) is 11.9 Å². The molecule has 1 aliphatic rings. The van der Waals surface area contributed by atoms with Crippen LogP contribution in [-0.4, -0.2) is 51.9 Å². The smallest absolute Gasteiger partial charge is 0.408 e. The van der Waals surface area contributed by atoms with Crippen LogP contribution < -0.4 is 21.7 Å². The summed E-state index contributed by atoms with van der Waals surface area (Å²) in [6, 6.07) is 13.3. The van der Waals surface area contributed by atoms with E-state index in [1.807, 2.05) is 30.0 Å². The van der Waals surface area contributed by atoms with Crippen molar-refractivity contribution in [1.29, 1.82) is 0 Å². The van der Waals surface area contributed by atoms with Gasteiger partial charge in [0.15, 0.2) is 5.58 Å². The lowest BCUT2D eigenvalue weighted by molar-refractivity contribution is -0.129. The minimum Gasteiger partial charge on any atom is -0.408 e. The normalized spacial score (nSPS) is 13.9. The third kappa shape index (κ3) is 4.05. The summed E-state index contributed by atoms with van der Waals surface area (Å²) >= 11 is 0. The second kappa shape index (κ2) is 8.54. The van der Waals surface area contributed by atoms with Crippen LogP contribution in [0.2, 0.25) is 0 Å². The van der Waals surface area contributed by atoms with Crippen LogP contribution in [0.1, 0.15) is 12.5 Å². The summed E-state index contributed by atoms with van der Waals surface area (Å²) in [7, 11) is 0. The van der Waals surface area contributed by atoms with Crippen LogP contribution in [0.4, 0.5) is 23.1 Å². The van der Waals surface area contributed by atoms with E-state index in [1.54, 1.807) is 25.1 Å². The SMILES string of the molecule is CC(=O)N1CCN(c2ccccc2-c2nc(N)nc(Nc3ccc4oc(=O)[nH]c4c3)c2C)CC1. The monoisotopic (exact) mass is 459 g/mol. The van der Waals surface area contributed by atoms with E-state index in [1.165, 1.54) is 0 Å². The Kier molecular flexibility index (Phi) is 5.40. The van der Waals surface area contributed by atoms with E-state index in [0.29, 0.717) is 30.0 Å². The van der Waals surface area contributed by atoms with E-state index in [0.717, 1.165) is 41.3 Å². The largest absolute Gasteiger partial charge is 0.417 e. The van der Waals surface area contributed by atoms with Gasteiger partial charge in [-0.2, -0.15) is 4.98 Å². The highest BCUT2D eigenvalue weighted by atomic mass is 16.4. The van der Waals surface area contributed by atoms with E-state index in [-0.39, 0.29) is 11.9 Å². The molecule has 3 heterocycles. The predicted molar refractivity (Wildman–Crippen MR) is 131 cm³/mol. The number of anilines is 4. The Labute approximate surface area is 195 Å². The summed E-state index contributed by atoms with van der Waals surface area (Å²) < 4.78 is 5.07. The van der Waals surface area contributed by atoms with Gasteiger partial charge in [0.1, 0.15) is 5.82 Å². The van der Waals surface area contributed by atoms with E-state index in [4.69, 9.17) is 10.2 Å². The first kappa shape index (κ1) is 21.5. The van der Waals surface area contributed by atoms with Gasteiger partial charge < -0.3 is 25.3 Å². The van der Waals surface area contributed by atoms with E-state index in [2.05, 4.69) is 31.2 Å². The van der Waals surface area contributed by atoms with Crippen LogP contribution >= 0.6 is 0 Å². The molecule has 0 radical (unpaired) electrons. The van der Waals surface area contributed by atoms with Gasteiger partial charge in [0, 0.05) is 55.6 Å². The number of nitrogen functional groups attached to an aromatic ring is 1. The summed E-state index contributed by atoms with van der Waals surface area (Å²) in [5.41, 5.74) is 11.5. The number of hydrogen-bond donors (Lipinski definition) is 3. The number of benzene rings is 2. The van der Waals surface area contributed by atoms with Crippen molar-refractivity contribution in [1.82, 2.24) is 19.9 Å². The molecule has 4 aromatic rings. The topological polar surface area (TPSA) is 133 Å². The first-order valence-electron chi connectivity index (χ1n) is 11.0. The number of para-hydroxylation sites is 1. The van der Waals surface area contributed by atoms with Crippen LogP contribution in [0.25, 0.3) is 22.4 Å². The van der Waals surface area contributed by atoms with Crippen LogP contribution in [-0.2, 0) is 4.79 Å². The Morgan fingerprint density at radius 2 is 1.88 bits per heavy atom. The Morgan fingerprint density at radius 1 is 1.12 bits per heavy atom. The molecule has 1 saturated heterocycles. The Hall–Kier alpha value is -4.34. The van der Waals surface area contributed by atoms with Crippen molar-refractivity contribution in [2.75, 3.05) is 42.1 Å². The van der Waals surface area contributed by atoms with Gasteiger partial charge in [-0.3, -0.25) is 9.78 Å². The Bertz CT molecular complexity index is 1430. The fraction of sp³-hybridized carbons (Fsp3) is 0.250. The lowest BCUT2D eigenvalue weighted by Gasteiger charge is -2.36. The van der Waals surface area contributed by atoms with E-state index >= 15 is 0 Å². The van der Waals surface area contributed by atoms with Gasteiger partial charge in [-0.1, -0.05) is 18.2 Å². The summed E-state index contributed by atoms with van der Waals surface area (Å²) in [5.74, 6) is 0.319. The minimum atomic E-state index is -0.502. The van der Waals surface area contributed by atoms with Crippen molar-refractivity contribution in [2.24, 2.45) is 0 Å². The van der Waals surface area contributed by atoms with Crippen LogP contribution in [0.15, 0.2) is 51.7 Å². The van der Waals surface area contributed by atoms with E-state index in [9.17, 15) is 9.59 Å². The van der Waals surface area contributed by atoms with Gasteiger partial charge >= 0.3 is 5.76 Å². The maximum absolute atomic E-state index is 11.7. The van der Waals surface area contributed by atoms with Gasteiger partial charge in [-0.25, -0.2) is 9.78 Å². The number of rotatable bonds is 4. The molecule has 1 aliphatic heterocycles. The molecule has 0 atom stereocenters. The van der Waals surface area contributed by atoms with Gasteiger partial charge in [-0.15, -0.1) is 0 Å². The molecule has 174 valence electrons. The number of piperazine rings is 1. The maximum atomic E-state index is 11.7. The number of aromatic nitrogens is 3. The zero-order chi connectivity index (χ0) is 23.8. The molecule has 2 aromatic heterocycles. The standard InChI is InChI=1S/C24H25N7O3/c1-14-21(17-5-3-4-6-19(17)31-11-9-30(10-12-31)15(2)32)28-23(25)29-22(14)26-16-7-8-20-18(13-16)27-24(33)34-20/h3-8,13H,9-12H2,1-2H3,(H,27,33)(H3,25,26,28,29). The number of nitrogens with one attached hydrogen (secondary N) is 2. The van der Waals surface area contributed by atoms with E-state index < -0.39 is 5.76 Å². The number of aromatic amines is 1. The van der Waals surface area contributed by atoms with Crippen LogP contribution in [0.5, 0.6) is 0 Å². The average Bonchev–Trinajstić information content (AvgIpc) is 3.20. The third-order valence-corrected chi connectivity index (χ3v) is 6.07. The van der Waals surface area contributed by atoms with Crippen LogP contribution in [0, 0.1) is 6.92 Å². The van der Waals surface area contributed by atoms with Gasteiger partial charge in [0.05, 0.1) is 11.2 Å². The highest BCUT2D eigenvalue weighted by Crippen LogP contribution is 2.35. The van der Waals surface area contributed by atoms with Crippen molar-refractivity contribution in [3.8, 4) is 11.3 Å². The molecule has 4 N–H and O–H groups in total. The molecular weight excluding hydrogens is 434 g/mol. The molecule has 34 heavy (non-hydrogen) atoms. The zero-order valence-corrected chi connectivity index (χ0v) is 19.0. The number of carbonyl (C=O) groups is 1. The second-order valence-corrected chi connectivity index (χ2v) is 8.26. The minimum absolute atomic E-state index is 0.0979. The fourth-order valence-electron chi connectivity index (χ4n) is 4.30. The lowest BCUT2D eigenvalue weighted by Crippen LogP contribution is -2.48. The molecule has 1 fully saturated rings. The molecule has 0 unspecified atom stereocenters.